The summed E-state index contributed by atoms with van der Waals surface area (Å²) in [6.07, 6.45) is 0. The Morgan fingerprint density at radius 3 is 2.20 bits per heavy atom. The zero-order valence-electron chi connectivity index (χ0n) is 10.5. The Balaban J connectivity index is 2.11. The van der Waals surface area contributed by atoms with Gasteiger partial charge in [-0.05, 0) is 42.8 Å². The third kappa shape index (κ3) is 3.28. The number of rotatable bonds is 2. The maximum atomic E-state index is 13.3. The van der Waals surface area contributed by atoms with Crippen molar-refractivity contribution in [2.24, 2.45) is 0 Å². The number of urea groups is 1. The summed E-state index contributed by atoms with van der Waals surface area (Å²) < 4.78 is 39.2. The first kappa shape index (κ1) is 13.9. The molecule has 0 fully saturated rings. The first-order chi connectivity index (χ1) is 9.45. The van der Waals surface area contributed by atoms with Gasteiger partial charge < -0.3 is 10.6 Å². The van der Waals surface area contributed by atoms with Crippen LogP contribution in [0.25, 0.3) is 0 Å². The number of aryl methyl sites for hydroxylation is 1. The Kier molecular flexibility index (Phi) is 3.93. The van der Waals surface area contributed by atoms with Crippen LogP contribution < -0.4 is 10.6 Å². The third-order valence-electron chi connectivity index (χ3n) is 2.61. The summed E-state index contributed by atoms with van der Waals surface area (Å²) in [5.41, 5.74) is 0.614. The molecule has 0 heterocycles. The van der Waals surface area contributed by atoms with Crippen molar-refractivity contribution in [3.63, 3.8) is 0 Å². The fraction of sp³-hybridized carbons (Fsp3) is 0.0714. The molecule has 2 aromatic rings. The van der Waals surface area contributed by atoms with E-state index < -0.39 is 23.5 Å². The van der Waals surface area contributed by atoms with Crippen molar-refractivity contribution in [3.05, 3.63) is 59.4 Å². The van der Waals surface area contributed by atoms with E-state index in [1.54, 1.807) is 6.92 Å². The lowest BCUT2D eigenvalue weighted by Gasteiger charge is -2.10. The van der Waals surface area contributed by atoms with Crippen LogP contribution in [-0.2, 0) is 0 Å². The molecule has 0 aromatic heterocycles. The molecule has 0 radical (unpaired) electrons. The number of nitrogens with one attached hydrogen (secondary N) is 2. The summed E-state index contributed by atoms with van der Waals surface area (Å²) in [7, 11) is 0. The Hall–Kier alpha value is -2.50. The van der Waals surface area contributed by atoms with Gasteiger partial charge in [-0.15, -0.1) is 0 Å². The van der Waals surface area contributed by atoms with Crippen LogP contribution in [0.4, 0.5) is 29.3 Å². The zero-order valence-corrected chi connectivity index (χ0v) is 10.5. The van der Waals surface area contributed by atoms with Crippen molar-refractivity contribution in [1.29, 1.82) is 0 Å². The van der Waals surface area contributed by atoms with Crippen molar-refractivity contribution in [2.45, 2.75) is 6.92 Å². The maximum absolute atomic E-state index is 13.3. The summed E-state index contributed by atoms with van der Waals surface area (Å²) in [6, 6.07) is 5.79. The minimum atomic E-state index is -0.752. The molecule has 0 aliphatic carbocycles. The van der Waals surface area contributed by atoms with Crippen LogP contribution in [0.15, 0.2) is 36.4 Å². The highest BCUT2D eigenvalue weighted by Gasteiger charge is 2.09. The van der Waals surface area contributed by atoms with E-state index in [0.29, 0.717) is 11.3 Å². The summed E-state index contributed by atoms with van der Waals surface area (Å²) in [6.45, 7) is 1.61. The van der Waals surface area contributed by atoms with E-state index in [1.165, 1.54) is 18.2 Å². The molecule has 0 unspecified atom stereocenters. The number of hydrogen-bond acceptors (Lipinski definition) is 1. The number of anilines is 2. The largest absolute Gasteiger partial charge is 0.323 e. The second kappa shape index (κ2) is 5.64. The lowest BCUT2D eigenvalue weighted by Crippen LogP contribution is -2.20. The Bertz CT molecular complexity index is 659. The van der Waals surface area contributed by atoms with E-state index in [9.17, 15) is 18.0 Å². The molecular formula is C14H11F3N2O. The molecule has 104 valence electrons. The van der Waals surface area contributed by atoms with Crippen LogP contribution in [0, 0.1) is 24.4 Å². The highest BCUT2D eigenvalue weighted by molar-refractivity contribution is 6.00. The van der Waals surface area contributed by atoms with E-state index in [0.717, 1.165) is 18.2 Å². The molecule has 0 aliphatic rings. The van der Waals surface area contributed by atoms with E-state index >= 15 is 0 Å². The van der Waals surface area contributed by atoms with Crippen LogP contribution in [0.2, 0.25) is 0 Å². The summed E-state index contributed by atoms with van der Waals surface area (Å²) in [5.74, 6) is -1.85. The van der Waals surface area contributed by atoms with Gasteiger partial charge >= 0.3 is 6.03 Å². The minimum absolute atomic E-state index is 0.276. The Morgan fingerprint density at radius 2 is 1.50 bits per heavy atom. The number of carbonyl (C=O) groups excluding carboxylic acids is 1. The molecule has 2 aromatic carbocycles. The molecular weight excluding hydrogens is 269 g/mol. The number of amides is 2. The number of hydrogen-bond donors (Lipinski definition) is 2. The van der Waals surface area contributed by atoms with Gasteiger partial charge in [-0.2, -0.15) is 0 Å². The standard InChI is InChI=1S/C14H11F3N2O/c1-8-6-9(15)3-5-12(8)18-14(20)19-13-7-10(16)2-4-11(13)17/h2-7H,1H3,(H2,18,19,20). The average molecular weight is 280 g/mol. The minimum Gasteiger partial charge on any atom is -0.307 e. The van der Waals surface area contributed by atoms with Crippen LogP contribution >= 0.6 is 0 Å². The first-order valence-corrected chi connectivity index (χ1v) is 5.75. The van der Waals surface area contributed by atoms with E-state index in [-0.39, 0.29) is 5.69 Å². The molecule has 2 N–H and O–H groups in total. The lowest BCUT2D eigenvalue weighted by atomic mass is 10.2. The van der Waals surface area contributed by atoms with Crippen molar-refractivity contribution >= 4 is 17.4 Å². The lowest BCUT2D eigenvalue weighted by molar-refractivity contribution is 0.262. The predicted molar refractivity (Wildman–Crippen MR) is 70.1 cm³/mol. The summed E-state index contributed by atoms with van der Waals surface area (Å²) >= 11 is 0. The van der Waals surface area contributed by atoms with Crippen molar-refractivity contribution < 1.29 is 18.0 Å². The molecule has 0 saturated carbocycles. The molecule has 0 spiro atoms. The second-order valence-electron chi connectivity index (χ2n) is 4.16. The van der Waals surface area contributed by atoms with Crippen LogP contribution in [0.1, 0.15) is 5.56 Å². The van der Waals surface area contributed by atoms with Gasteiger partial charge in [-0.3, -0.25) is 0 Å². The zero-order chi connectivity index (χ0) is 14.7. The van der Waals surface area contributed by atoms with Crippen molar-refractivity contribution in [1.82, 2.24) is 0 Å². The van der Waals surface area contributed by atoms with E-state index in [1.807, 2.05) is 0 Å². The van der Waals surface area contributed by atoms with Crippen LogP contribution in [-0.4, -0.2) is 6.03 Å². The van der Waals surface area contributed by atoms with Gasteiger partial charge in [0.1, 0.15) is 17.5 Å². The van der Waals surface area contributed by atoms with Gasteiger partial charge in [0.2, 0.25) is 0 Å². The Labute approximate surface area is 113 Å². The highest BCUT2D eigenvalue weighted by atomic mass is 19.1. The van der Waals surface area contributed by atoms with Gasteiger partial charge in [-0.1, -0.05) is 0 Å². The molecule has 2 rings (SSSR count). The number of benzene rings is 2. The molecule has 0 aliphatic heterocycles. The Morgan fingerprint density at radius 1 is 0.900 bits per heavy atom. The van der Waals surface area contributed by atoms with Gasteiger partial charge in [0, 0.05) is 11.8 Å². The maximum Gasteiger partial charge on any atom is 0.323 e. The van der Waals surface area contributed by atoms with E-state index in [4.69, 9.17) is 0 Å². The summed E-state index contributed by atoms with van der Waals surface area (Å²) in [5, 5.41) is 4.61. The normalized spacial score (nSPS) is 10.2. The molecule has 0 atom stereocenters. The molecule has 2 amide bonds. The predicted octanol–water partition coefficient (Wildman–Crippen LogP) is 4.06. The van der Waals surface area contributed by atoms with Gasteiger partial charge in [-0.25, -0.2) is 18.0 Å². The van der Waals surface area contributed by atoms with Crippen LogP contribution in [0.3, 0.4) is 0 Å². The van der Waals surface area contributed by atoms with Crippen molar-refractivity contribution in [3.8, 4) is 0 Å². The SMILES string of the molecule is Cc1cc(F)ccc1NC(=O)Nc1cc(F)ccc1F. The van der Waals surface area contributed by atoms with Gasteiger partial charge in [0.25, 0.3) is 0 Å². The fourth-order valence-electron chi connectivity index (χ4n) is 1.64. The van der Waals surface area contributed by atoms with Gasteiger partial charge in [0.05, 0.1) is 5.69 Å². The first-order valence-electron chi connectivity index (χ1n) is 5.75. The molecule has 0 bridgehead atoms. The highest BCUT2D eigenvalue weighted by Crippen LogP contribution is 2.18. The fourth-order valence-corrected chi connectivity index (χ4v) is 1.64. The quantitative estimate of drug-likeness (QED) is 0.855. The summed E-state index contributed by atoms with van der Waals surface area (Å²) in [4.78, 5) is 11.7. The molecule has 20 heavy (non-hydrogen) atoms. The van der Waals surface area contributed by atoms with E-state index in [2.05, 4.69) is 10.6 Å². The molecule has 0 saturated heterocycles. The second-order valence-corrected chi connectivity index (χ2v) is 4.16. The monoisotopic (exact) mass is 280 g/mol. The van der Waals surface area contributed by atoms with Crippen LogP contribution in [0.5, 0.6) is 0 Å². The molecule has 3 nitrogen and oxygen atoms in total. The van der Waals surface area contributed by atoms with Gasteiger partial charge in [0.15, 0.2) is 0 Å². The van der Waals surface area contributed by atoms with Crippen molar-refractivity contribution in [2.75, 3.05) is 10.6 Å². The third-order valence-corrected chi connectivity index (χ3v) is 2.61. The number of halogens is 3. The number of carbonyl (C=O) groups is 1. The topological polar surface area (TPSA) is 41.1 Å². The average Bonchev–Trinajstić information content (AvgIpc) is 2.37. The smallest absolute Gasteiger partial charge is 0.307 e. The molecule has 6 heteroatoms.